The van der Waals surface area contributed by atoms with E-state index in [1.54, 1.807) is 5.38 Å². The first-order chi connectivity index (χ1) is 9.00. The third kappa shape index (κ3) is 3.45. The monoisotopic (exact) mass is 284 g/mol. The molecule has 1 saturated heterocycles. The van der Waals surface area contributed by atoms with E-state index in [9.17, 15) is 9.59 Å². The van der Waals surface area contributed by atoms with Crippen molar-refractivity contribution in [2.75, 3.05) is 18.5 Å². The number of urea groups is 1. The van der Waals surface area contributed by atoms with Gasteiger partial charge in [-0.05, 0) is 31.2 Å². The maximum absolute atomic E-state index is 11.9. The lowest BCUT2D eigenvalue weighted by Crippen LogP contribution is -2.52. The molecule has 0 aliphatic carbocycles. The zero-order valence-electron chi connectivity index (χ0n) is 10.6. The molecule has 7 heteroatoms. The lowest BCUT2D eigenvalue weighted by Gasteiger charge is -2.34. The third-order valence-electron chi connectivity index (χ3n) is 2.98. The lowest BCUT2D eigenvalue weighted by molar-refractivity contribution is 0.0342. The number of carboxylic acids is 1. The highest BCUT2D eigenvalue weighted by atomic mass is 32.1. The zero-order chi connectivity index (χ0) is 13.9. The smallest absolute Gasteiger partial charge is 0.338 e. The molecule has 0 bridgehead atoms. The second-order valence-corrected chi connectivity index (χ2v) is 5.68. The van der Waals surface area contributed by atoms with Crippen LogP contribution in [0.5, 0.6) is 0 Å². The molecule has 1 unspecified atom stereocenters. The van der Waals surface area contributed by atoms with Gasteiger partial charge in [-0.25, -0.2) is 9.59 Å². The van der Waals surface area contributed by atoms with Crippen LogP contribution in [0.3, 0.4) is 0 Å². The van der Waals surface area contributed by atoms with E-state index < -0.39 is 17.5 Å². The first-order valence-electron chi connectivity index (χ1n) is 5.98. The summed E-state index contributed by atoms with van der Waals surface area (Å²) in [4.78, 5) is 22.8. The Morgan fingerprint density at radius 2 is 2.32 bits per heavy atom. The average molecular weight is 284 g/mol. The number of thiophene rings is 1. The predicted octanol–water partition coefficient (Wildman–Crippen LogP) is 2.14. The normalized spacial score (nSPS) is 22.8. The summed E-state index contributed by atoms with van der Waals surface area (Å²) in [6.07, 6.45) is 1.74. The van der Waals surface area contributed by atoms with Crippen molar-refractivity contribution in [2.45, 2.75) is 25.3 Å². The van der Waals surface area contributed by atoms with E-state index in [4.69, 9.17) is 9.84 Å². The van der Waals surface area contributed by atoms with Gasteiger partial charge in [-0.3, -0.25) is 5.32 Å². The van der Waals surface area contributed by atoms with Gasteiger partial charge in [0.2, 0.25) is 0 Å². The molecular formula is C12H16N2O4S. The molecule has 1 aliphatic rings. The van der Waals surface area contributed by atoms with Crippen molar-refractivity contribution >= 4 is 28.3 Å². The summed E-state index contributed by atoms with van der Waals surface area (Å²) >= 11 is 1.18. The summed E-state index contributed by atoms with van der Waals surface area (Å²) in [6, 6.07) is 1.06. The number of anilines is 1. The minimum absolute atomic E-state index is 0.102. The Labute approximate surface area is 114 Å². The van der Waals surface area contributed by atoms with Crippen molar-refractivity contribution in [1.82, 2.24) is 5.32 Å². The van der Waals surface area contributed by atoms with Crippen molar-refractivity contribution in [3.63, 3.8) is 0 Å². The number of carbonyl (C=O) groups excluding carboxylic acids is 1. The maximum atomic E-state index is 11.9. The number of aromatic carboxylic acids is 1. The van der Waals surface area contributed by atoms with Crippen LogP contribution in [-0.4, -0.2) is 35.9 Å². The molecule has 0 spiro atoms. The van der Waals surface area contributed by atoms with Gasteiger partial charge in [0.15, 0.2) is 0 Å². The van der Waals surface area contributed by atoms with Crippen LogP contribution in [0.25, 0.3) is 0 Å². The van der Waals surface area contributed by atoms with Gasteiger partial charge >= 0.3 is 12.0 Å². The topological polar surface area (TPSA) is 87.7 Å². The summed E-state index contributed by atoms with van der Waals surface area (Å²) in [7, 11) is 0. The number of rotatable bonds is 3. The van der Waals surface area contributed by atoms with Crippen LogP contribution in [0.2, 0.25) is 0 Å². The van der Waals surface area contributed by atoms with Crippen LogP contribution in [0, 0.1) is 0 Å². The van der Waals surface area contributed by atoms with Gasteiger partial charge in [-0.1, -0.05) is 0 Å². The molecule has 3 N–H and O–H groups in total. The van der Waals surface area contributed by atoms with Crippen molar-refractivity contribution < 1.29 is 19.4 Å². The Morgan fingerprint density at radius 3 is 2.95 bits per heavy atom. The van der Waals surface area contributed by atoms with E-state index in [-0.39, 0.29) is 5.56 Å². The number of carbonyl (C=O) groups is 2. The van der Waals surface area contributed by atoms with E-state index in [2.05, 4.69) is 10.6 Å². The second-order valence-electron chi connectivity index (χ2n) is 4.76. The predicted molar refractivity (Wildman–Crippen MR) is 71.9 cm³/mol. The molecule has 0 radical (unpaired) electrons. The highest BCUT2D eigenvalue weighted by Gasteiger charge is 2.29. The average Bonchev–Trinajstić information content (AvgIpc) is 2.77. The van der Waals surface area contributed by atoms with Gasteiger partial charge in [-0.15, -0.1) is 11.3 Å². The molecule has 19 heavy (non-hydrogen) atoms. The Bertz CT molecular complexity index is 480. The molecular weight excluding hydrogens is 268 g/mol. The molecule has 2 amide bonds. The van der Waals surface area contributed by atoms with Crippen LogP contribution < -0.4 is 10.6 Å². The number of hydrogen-bond donors (Lipinski definition) is 3. The second kappa shape index (κ2) is 5.58. The van der Waals surface area contributed by atoms with Crippen LogP contribution in [0.1, 0.15) is 30.1 Å². The first-order valence-corrected chi connectivity index (χ1v) is 6.86. The Hall–Kier alpha value is -1.60. The summed E-state index contributed by atoms with van der Waals surface area (Å²) in [5.41, 5.74) is -0.298. The number of hydrogen-bond acceptors (Lipinski definition) is 4. The highest BCUT2D eigenvalue weighted by molar-refractivity contribution is 7.14. The molecule has 104 valence electrons. The van der Waals surface area contributed by atoms with Crippen molar-refractivity contribution in [3.8, 4) is 0 Å². The minimum Gasteiger partial charge on any atom is -0.478 e. The quantitative estimate of drug-likeness (QED) is 0.793. The molecule has 6 nitrogen and oxygen atoms in total. The zero-order valence-corrected chi connectivity index (χ0v) is 11.4. The van der Waals surface area contributed by atoms with Gasteiger partial charge < -0.3 is 15.2 Å². The van der Waals surface area contributed by atoms with Gasteiger partial charge in [0.1, 0.15) is 5.00 Å². The molecule has 2 rings (SSSR count). The van der Waals surface area contributed by atoms with Gasteiger partial charge in [0.05, 0.1) is 17.7 Å². The lowest BCUT2D eigenvalue weighted by atomic mass is 9.95. The summed E-state index contributed by atoms with van der Waals surface area (Å²) in [6.45, 7) is 3.10. The molecule has 1 aliphatic heterocycles. The Morgan fingerprint density at radius 1 is 1.53 bits per heavy atom. The van der Waals surface area contributed by atoms with Gasteiger partial charge in [-0.2, -0.15) is 0 Å². The fourth-order valence-electron chi connectivity index (χ4n) is 2.02. The van der Waals surface area contributed by atoms with E-state index in [0.717, 1.165) is 12.8 Å². The molecule has 1 aromatic heterocycles. The van der Waals surface area contributed by atoms with E-state index in [1.807, 2.05) is 6.92 Å². The standard InChI is InChI=1S/C12H16N2O4S/c1-12(4-2-5-18-7-12)14-11(17)13-9-8(10(15)16)3-6-19-9/h3,6H,2,4-5,7H2,1H3,(H,15,16)(H2,13,14,17). The molecule has 0 saturated carbocycles. The first kappa shape index (κ1) is 13.8. The largest absolute Gasteiger partial charge is 0.478 e. The van der Waals surface area contributed by atoms with Gasteiger partial charge in [0.25, 0.3) is 0 Å². The third-order valence-corrected chi connectivity index (χ3v) is 3.81. The number of carboxylic acid groups (broad SMARTS) is 1. The van der Waals surface area contributed by atoms with Crippen molar-refractivity contribution in [2.24, 2.45) is 0 Å². The molecule has 1 atom stereocenters. The molecule has 0 aromatic carbocycles. The van der Waals surface area contributed by atoms with Crippen LogP contribution in [-0.2, 0) is 4.74 Å². The molecule has 1 fully saturated rings. The highest BCUT2D eigenvalue weighted by Crippen LogP contribution is 2.24. The summed E-state index contributed by atoms with van der Waals surface area (Å²) in [5.74, 6) is -1.05. The van der Waals surface area contributed by atoms with Crippen molar-refractivity contribution in [3.05, 3.63) is 17.0 Å². The minimum atomic E-state index is -1.05. The molecule has 2 heterocycles. The number of amides is 2. The van der Waals surface area contributed by atoms with E-state index in [1.165, 1.54) is 17.4 Å². The Kier molecular flexibility index (Phi) is 4.06. The van der Waals surface area contributed by atoms with Crippen LogP contribution in [0.4, 0.5) is 9.80 Å². The van der Waals surface area contributed by atoms with E-state index >= 15 is 0 Å². The fraction of sp³-hybridized carbons (Fsp3) is 0.500. The summed E-state index contributed by atoms with van der Waals surface area (Å²) < 4.78 is 5.35. The number of nitrogens with one attached hydrogen (secondary N) is 2. The molecule has 1 aromatic rings. The number of ether oxygens (including phenoxy) is 1. The van der Waals surface area contributed by atoms with E-state index in [0.29, 0.717) is 18.2 Å². The summed E-state index contributed by atoms with van der Waals surface area (Å²) in [5, 5.41) is 16.3. The van der Waals surface area contributed by atoms with Gasteiger partial charge in [0, 0.05) is 6.61 Å². The fourth-order valence-corrected chi connectivity index (χ4v) is 2.79. The Balaban J connectivity index is 1.97. The van der Waals surface area contributed by atoms with Crippen LogP contribution >= 0.6 is 11.3 Å². The SMILES string of the molecule is CC1(NC(=O)Nc2sccc2C(=O)O)CCCOC1. The van der Waals surface area contributed by atoms with Crippen LogP contribution in [0.15, 0.2) is 11.4 Å². The maximum Gasteiger partial charge on any atom is 0.338 e. The van der Waals surface area contributed by atoms with Crippen molar-refractivity contribution in [1.29, 1.82) is 0 Å².